The molecule has 0 radical (unpaired) electrons. The number of ether oxygens (including phenoxy) is 2. The van der Waals surface area contributed by atoms with E-state index >= 15 is 0 Å². The summed E-state index contributed by atoms with van der Waals surface area (Å²) < 4.78 is 13.3. The highest BCUT2D eigenvalue weighted by Crippen LogP contribution is 2.31. The Morgan fingerprint density at radius 3 is 2.53 bits per heavy atom. The molecule has 3 aromatic carbocycles. The van der Waals surface area contributed by atoms with E-state index in [0.29, 0.717) is 23.7 Å². The maximum absolute atomic E-state index is 12.1. The molecule has 0 fully saturated rings. The second kappa shape index (κ2) is 10.4. The number of nitrogens with zero attached hydrogens (tertiary/aromatic N) is 4. The van der Waals surface area contributed by atoms with Crippen molar-refractivity contribution in [3.63, 3.8) is 0 Å². The molecule has 5 rings (SSSR count). The molecule has 0 saturated heterocycles. The fourth-order valence-electron chi connectivity index (χ4n) is 4.54. The smallest absolute Gasteiger partial charge is 0.310 e. The van der Waals surface area contributed by atoms with Crippen LogP contribution in [0.15, 0.2) is 60.7 Å². The predicted molar refractivity (Wildman–Crippen MR) is 149 cm³/mol. The number of carbonyl (C=O) groups excluding carboxylic acids is 1. The molecule has 194 valence electrons. The number of fused-ring (bicyclic) bond motifs is 2. The molecule has 0 atom stereocenters. The minimum absolute atomic E-state index is 0.142. The van der Waals surface area contributed by atoms with E-state index in [1.165, 1.54) is 0 Å². The lowest BCUT2D eigenvalue weighted by Gasteiger charge is -2.10. The SMILES string of the molecule is CCOC(=O)Cc1ccccc1OCc1nn(C(C)C)c2ccc(-c3ccc4c(N)nc(N)nc4c3)cc12. The molecule has 0 spiro atoms. The number of esters is 1. The molecule has 2 heterocycles. The van der Waals surface area contributed by atoms with E-state index < -0.39 is 0 Å². The quantitative estimate of drug-likeness (QED) is 0.276. The van der Waals surface area contributed by atoms with Gasteiger partial charge in [0.2, 0.25) is 5.95 Å². The number of hydrogen-bond donors (Lipinski definition) is 2. The fraction of sp³-hybridized carbons (Fsp3) is 0.241. The second-order valence-corrected chi connectivity index (χ2v) is 9.29. The fourth-order valence-corrected chi connectivity index (χ4v) is 4.54. The lowest BCUT2D eigenvalue weighted by molar-refractivity contribution is -0.142. The van der Waals surface area contributed by atoms with E-state index in [9.17, 15) is 4.79 Å². The molecule has 5 aromatic rings. The average molecular weight is 511 g/mol. The van der Waals surface area contributed by atoms with Crippen LogP contribution in [-0.2, 0) is 22.6 Å². The largest absolute Gasteiger partial charge is 0.487 e. The Labute approximate surface area is 220 Å². The lowest BCUT2D eigenvalue weighted by atomic mass is 10.0. The molecular weight excluding hydrogens is 480 g/mol. The van der Waals surface area contributed by atoms with E-state index in [1.807, 2.05) is 47.1 Å². The van der Waals surface area contributed by atoms with Crippen molar-refractivity contribution in [2.75, 3.05) is 18.1 Å². The summed E-state index contributed by atoms with van der Waals surface area (Å²) in [6.45, 7) is 6.57. The molecule has 38 heavy (non-hydrogen) atoms. The molecule has 0 aliphatic heterocycles. The van der Waals surface area contributed by atoms with Gasteiger partial charge in [-0.25, -0.2) is 4.98 Å². The number of rotatable bonds is 8. The molecular formula is C29H30N6O3. The summed E-state index contributed by atoms with van der Waals surface area (Å²) in [7, 11) is 0. The number of anilines is 2. The first-order valence-corrected chi connectivity index (χ1v) is 12.5. The first-order chi connectivity index (χ1) is 18.3. The Morgan fingerprint density at radius 1 is 0.974 bits per heavy atom. The van der Waals surface area contributed by atoms with Crippen molar-refractivity contribution in [2.24, 2.45) is 0 Å². The Kier molecular flexibility index (Phi) is 6.83. The van der Waals surface area contributed by atoms with Crippen LogP contribution in [0.5, 0.6) is 5.75 Å². The standard InChI is InChI=1S/C29H30N6O3/c1-4-37-27(36)15-20-7-5-6-8-26(20)38-16-24-22-13-18(10-12-25(22)35(34-24)17(2)3)19-9-11-21-23(14-19)32-29(31)33-28(21)30/h5-14,17H,4,15-16H2,1-3H3,(H4,30,31,32,33). The third-order valence-corrected chi connectivity index (χ3v) is 6.33. The highest BCUT2D eigenvalue weighted by atomic mass is 16.5. The van der Waals surface area contributed by atoms with Gasteiger partial charge in [-0.2, -0.15) is 10.1 Å². The minimum Gasteiger partial charge on any atom is -0.487 e. The summed E-state index contributed by atoms with van der Waals surface area (Å²) >= 11 is 0. The molecule has 4 N–H and O–H groups in total. The van der Waals surface area contributed by atoms with Crippen molar-refractivity contribution in [1.82, 2.24) is 19.7 Å². The van der Waals surface area contributed by atoms with E-state index in [4.69, 9.17) is 26.0 Å². The second-order valence-electron chi connectivity index (χ2n) is 9.29. The van der Waals surface area contributed by atoms with Gasteiger partial charge in [0.05, 0.1) is 24.1 Å². The predicted octanol–water partition coefficient (Wildman–Crippen LogP) is 5.08. The van der Waals surface area contributed by atoms with Crippen molar-refractivity contribution >= 4 is 39.5 Å². The Balaban J connectivity index is 1.50. The number of aromatic nitrogens is 4. The van der Waals surface area contributed by atoms with E-state index in [2.05, 4.69) is 42.0 Å². The summed E-state index contributed by atoms with van der Waals surface area (Å²) in [5, 5.41) is 6.62. The summed E-state index contributed by atoms with van der Waals surface area (Å²) in [6.07, 6.45) is 0.149. The summed E-state index contributed by atoms with van der Waals surface area (Å²) in [6, 6.07) is 19.8. The van der Waals surface area contributed by atoms with Crippen molar-refractivity contribution in [1.29, 1.82) is 0 Å². The Bertz CT molecular complexity index is 1640. The van der Waals surface area contributed by atoms with Crippen LogP contribution in [0.2, 0.25) is 0 Å². The first kappa shape index (κ1) is 25.0. The highest BCUT2D eigenvalue weighted by molar-refractivity contribution is 5.93. The average Bonchev–Trinajstić information content (AvgIpc) is 3.26. The van der Waals surface area contributed by atoms with Gasteiger partial charge < -0.3 is 20.9 Å². The molecule has 0 amide bonds. The first-order valence-electron chi connectivity index (χ1n) is 12.5. The molecule has 0 saturated carbocycles. The number of para-hydroxylation sites is 1. The molecule has 0 aliphatic rings. The van der Waals surface area contributed by atoms with E-state index in [1.54, 1.807) is 6.92 Å². The molecule has 9 nitrogen and oxygen atoms in total. The number of hydrogen-bond acceptors (Lipinski definition) is 8. The van der Waals surface area contributed by atoms with Crippen molar-refractivity contribution < 1.29 is 14.3 Å². The molecule has 2 aromatic heterocycles. The van der Waals surface area contributed by atoms with E-state index in [-0.39, 0.29) is 31.0 Å². The van der Waals surface area contributed by atoms with Gasteiger partial charge in [-0.1, -0.05) is 30.3 Å². The van der Waals surface area contributed by atoms with Crippen molar-refractivity contribution in [3.05, 3.63) is 71.9 Å². The molecule has 9 heteroatoms. The van der Waals surface area contributed by atoms with Crippen LogP contribution in [0.25, 0.3) is 32.9 Å². The Morgan fingerprint density at radius 2 is 1.74 bits per heavy atom. The normalized spacial score (nSPS) is 11.4. The van der Waals surface area contributed by atoms with Gasteiger partial charge in [0.25, 0.3) is 0 Å². The van der Waals surface area contributed by atoms with Crippen LogP contribution in [0.1, 0.15) is 38.1 Å². The van der Waals surface area contributed by atoms with Crippen LogP contribution in [0.4, 0.5) is 11.8 Å². The maximum Gasteiger partial charge on any atom is 0.310 e. The zero-order chi connectivity index (χ0) is 26.8. The van der Waals surface area contributed by atoms with Gasteiger partial charge in [0, 0.05) is 22.4 Å². The van der Waals surface area contributed by atoms with Gasteiger partial charge >= 0.3 is 5.97 Å². The third-order valence-electron chi connectivity index (χ3n) is 6.33. The van der Waals surface area contributed by atoms with E-state index in [0.717, 1.165) is 38.7 Å². The summed E-state index contributed by atoms with van der Waals surface area (Å²) in [4.78, 5) is 20.5. The monoisotopic (exact) mass is 510 g/mol. The minimum atomic E-state index is -0.285. The summed E-state index contributed by atoms with van der Waals surface area (Å²) in [5.74, 6) is 0.846. The van der Waals surface area contributed by atoms with Crippen molar-refractivity contribution in [2.45, 2.75) is 39.8 Å². The van der Waals surface area contributed by atoms with Gasteiger partial charge in [0.1, 0.15) is 23.9 Å². The van der Waals surface area contributed by atoms with Gasteiger partial charge in [0.15, 0.2) is 0 Å². The number of benzene rings is 3. The molecule has 0 aliphatic carbocycles. The molecule has 0 unspecified atom stereocenters. The van der Waals surface area contributed by atoms with Crippen molar-refractivity contribution in [3.8, 4) is 16.9 Å². The van der Waals surface area contributed by atoms with Crippen LogP contribution in [0.3, 0.4) is 0 Å². The van der Waals surface area contributed by atoms with Crippen LogP contribution >= 0.6 is 0 Å². The number of nitrogen functional groups attached to an aromatic ring is 2. The van der Waals surface area contributed by atoms with Gasteiger partial charge in [-0.3, -0.25) is 9.48 Å². The lowest BCUT2D eigenvalue weighted by Crippen LogP contribution is -2.09. The van der Waals surface area contributed by atoms with Gasteiger partial charge in [-0.15, -0.1) is 0 Å². The topological polar surface area (TPSA) is 131 Å². The van der Waals surface area contributed by atoms with Gasteiger partial charge in [-0.05, 0) is 62.2 Å². The number of nitrogens with two attached hydrogens (primary N) is 2. The summed E-state index contributed by atoms with van der Waals surface area (Å²) in [5.41, 5.74) is 17.1. The van der Waals surface area contributed by atoms with Crippen LogP contribution < -0.4 is 16.2 Å². The molecule has 0 bridgehead atoms. The zero-order valence-corrected chi connectivity index (χ0v) is 21.6. The zero-order valence-electron chi connectivity index (χ0n) is 21.6. The number of carbonyl (C=O) groups is 1. The van der Waals surface area contributed by atoms with Crippen LogP contribution in [-0.4, -0.2) is 32.3 Å². The third kappa shape index (κ3) is 4.95. The van der Waals surface area contributed by atoms with Crippen LogP contribution in [0, 0.1) is 0 Å². The Hall–Kier alpha value is -4.66. The maximum atomic E-state index is 12.1. The highest BCUT2D eigenvalue weighted by Gasteiger charge is 2.16.